The van der Waals surface area contributed by atoms with Gasteiger partial charge in [0.25, 0.3) is 0 Å². The highest BCUT2D eigenvalue weighted by Gasteiger charge is 2.02. The van der Waals surface area contributed by atoms with E-state index in [9.17, 15) is 0 Å². The molecule has 0 aromatic carbocycles. The van der Waals surface area contributed by atoms with Crippen molar-refractivity contribution < 1.29 is 0 Å². The van der Waals surface area contributed by atoms with Crippen LogP contribution in [0.25, 0.3) is 0 Å². The van der Waals surface area contributed by atoms with Gasteiger partial charge in [0, 0.05) is 38.4 Å². The van der Waals surface area contributed by atoms with E-state index in [4.69, 9.17) is 23.8 Å². The molecule has 0 aliphatic heterocycles. The minimum atomic E-state index is 0.503. The van der Waals surface area contributed by atoms with Crippen molar-refractivity contribution in [2.45, 2.75) is 13.5 Å². The van der Waals surface area contributed by atoms with Crippen molar-refractivity contribution in [1.82, 2.24) is 25.9 Å². The van der Waals surface area contributed by atoms with E-state index in [-0.39, 0.29) is 0 Å². The van der Waals surface area contributed by atoms with E-state index in [0.29, 0.717) is 22.6 Å². The lowest BCUT2D eigenvalue weighted by Gasteiger charge is -2.08. The van der Waals surface area contributed by atoms with Gasteiger partial charge in [0.1, 0.15) is 11.0 Å². The molecule has 0 aliphatic rings. The molecule has 1 rings (SSSR count). The molecular weight excluding hydrogens is 258 g/mol. The monoisotopic (exact) mass is 273 g/mol. The Morgan fingerprint density at radius 3 is 2.88 bits per heavy atom. The summed E-state index contributed by atoms with van der Waals surface area (Å²) >= 11 is 10.9. The van der Waals surface area contributed by atoms with Crippen LogP contribution < -0.4 is 16.0 Å². The van der Waals surface area contributed by atoms with Gasteiger partial charge in [-0.25, -0.2) is 9.97 Å². The van der Waals surface area contributed by atoms with Gasteiger partial charge in [-0.05, 0) is 19.1 Å². The van der Waals surface area contributed by atoms with Crippen LogP contribution >= 0.6 is 23.8 Å². The molecule has 0 unspecified atom stereocenters. The van der Waals surface area contributed by atoms with Gasteiger partial charge < -0.3 is 16.0 Å². The van der Waals surface area contributed by atoms with Gasteiger partial charge in [0.05, 0.1) is 0 Å². The molecule has 3 N–H and O–H groups in total. The lowest BCUT2D eigenvalue weighted by molar-refractivity contribution is 0.666. The van der Waals surface area contributed by atoms with Gasteiger partial charge >= 0.3 is 0 Å². The first-order valence-electron chi connectivity index (χ1n) is 5.28. The third-order valence-electron chi connectivity index (χ3n) is 2.06. The second-order valence-electron chi connectivity index (χ2n) is 3.42. The number of thiocarbonyl (C=S) groups is 1. The average Bonchev–Trinajstić information content (AvgIpc) is 2.30. The highest BCUT2D eigenvalue weighted by atomic mass is 35.5. The molecule has 7 heteroatoms. The van der Waals surface area contributed by atoms with Crippen molar-refractivity contribution in [3.05, 3.63) is 22.7 Å². The summed E-state index contributed by atoms with van der Waals surface area (Å²) in [6.07, 6.45) is 1.74. The SMILES string of the molecule is CNC(=S)NCCNCc1cnc(C)nc1Cl. The fourth-order valence-electron chi connectivity index (χ4n) is 1.16. The Balaban J connectivity index is 2.24. The highest BCUT2D eigenvalue weighted by molar-refractivity contribution is 7.80. The number of aromatic nitrogens is 2. The zero-order valence-corrected chi connectivity index (χ0v) is 11.5. The Bertz CT molecular complexity index is 385. The molecular formula is C10H16ClN5S. The summed E-state index contributed by atoms with van der Waals surface area (Å²) in [4.78, 5) is 8.18. The fraction of sp³-hybridized carbons (Fsp3) is 0.500. The number of nitrogens with one attached hydrogen (secondary N) is 3. The first-order chi connectivity index (χ1) is 8.13. The van der Waals surface area contributed by atoms with Crippen molar-refractivity contribution >= 4 is 28.9 Å². The van der Waals surface area contributed by atoms with Crippen molar-refractivity contribution in [2.24, 2.45) is 0 Å². The molecule has 1 aromatic heterocycles. The summed E-state index contributed by atoms with van der Waals surface area (Å²) in [6.45, 7) is 3.99. The van der Waals surface area contributed by atoms with Gasteiger partial charge in [-0.1, -0.05) is 11.6 Å². The summed E-state index contributed by atoms with van der Waals surface area (Å²) in [5.41, 5.74) is 0.897. The zero-order valence-electron chi connectivity index (χ0n) is 9.88. The van der Waals surface area contributed by atoms with Gasteiger partial charge in [-0.3, -0.25) is 0 Å². The minimum Gasteiger partial charge on any atom is -0.366 e. The molecule has 1 heterocycles. The van der Waals surface area contributed by atoms with Crippen LogP contribution in [-0.4, -0.2) is 35.2 Å². The van der Waals surface area contributed by atoms with Gasteiger partial charge in [-0.2, -0.15) is 0 Å². The zero-order chi connectivity index (χ0) is 12.7. The van der Waals surface area contributed by atoms with E-state index in [2.05, 4.69) is 25.9 Å². The molecule has 0 saturated carbocycles. The molecule has 0 radical (unpaired) electrons. The number of nitrogens with zero attached hydrogens (tertiary/aromatic N) is 2. The Morgan fingerprint density at radius 1 is 1.47 bits per heavy atom. The number of rotatable bonds is 5. The smallest absolute Gasteiger partial charge is 0.166 e. The van der Waals surface area contributed by atoms with Gasteiger partial charge in [-0.15, -0.1) is 0 Å². The van der Waals surface area contributed by atoms with E-state index < -0.39 is 0 Å². The largest absolute Gasteiger partial charge is 0.366 e. The second kappa shape index (κ2) is 7.37. The Labute approximate surface area is 111 Å². The molecule has 17 heavy (non-hydrogen) atoms. The number of aryl methyl sites for hydroxylation is 1. The fourth-order valence-corrected chi connectivity index (χ4v) is 1.50. The Kier molecular flexibility index (Phi) is 6.10. The number of hydrogen-bond donors (Lipinski definition) is 3. The molecule has 0 atom stereocenters. The summed E-state index contributed by atoms with van der Waals surface area (Å²) in [5.74, 6) is 0.680. The number of hydrogen-bond acceptors (Lipinski definition) is 4. The van der Waals surface area contributed by atoms with Crippen molar-refractivity contribution in [2.75, 3.05) is 20.1 Å². The summed E-state index contributed by atoms with van der Waals surface area (Å²) in [7, 11) is 1.78. The van der Waals surface area contributed by atoms with Crippen molar-refractivity contribution in [3.63, 3.8) is 0 Å². The predicted molar refractivity (Wildman–Crippen MR) is 73.1 cm³/mol. The van der Waals surface area contributed by atoms with Gasteiger partial charge in [0.15, 0.2) is 5.11 Å². The standard InChI is InChI=1S/C10H16ClN5S/c1-7-15-6-8(9(11)16-7)5-13-3-4-14-10(17)12-2/h6,13H,3-5H2,1-2H3,(H2,12,14,17). The second-order valence-corrected chi connectivity index (χ2v) is 4.18. The van der Waals surface area contributed by atoms with Crippen LogP contribution in [0.3, 0.4) is 0 Å². The first-order valence-corrected chi connectivity index (χ1v) is 6.06. The maximum atomic E-state index is 5.98. The lowest BCUT2D eigenvalue weighted by atomic mass is 10.3. The van der Waals surface area contributed by atoms with Crippen molar-refractivity contribution in [3.8, 4) is 0 Å². The quantitative estimate of drug-likeness (QED) is 0.415. The highest BCUT2D eigenvalue weighted by Crippen LogP contribution is 2.10. The van der Waals surface area contributed by atoms with Crippen LogP contribution in [0.15, 0.2) is 6.20 Å². The molecule has 0 amide bonds. The molecule has 5 nitrogen and oxygen atoms in total. The Hall–Kier alpha value is -0.980. The van der Waals surface area contributed by atoms with Crippen molar-refractivity contribution in [1.29, 1.82) is 0 Å². The van der Waals surface area contributed by atoms with E-state index in [1.54, 1.807) is 13.2 Å². The molecule has 0 bridgehead atoms. The maximum absolute atomic E-state index is 5.98. The molecule has 0 spiro atoms. The summed E-state index contributed by atoms with van der Waals surface area (Å²) in [6, 6.07) is 0. The van der Waals surface area contributed by atoms with Gasteiger partial charge in [0.2, 0.25) is 0 Å². The minimum absolute atomic E-state index is 0.503. The van der Waals surface area contributed by atoms with Crippen LogP contribution in [0.4, 0.5) is 0 Å². The average molecular weight is 274 g/mol. The summed E-state index contributed by atoms with van der Waals surface area (Å²) < 4.78 is 0. The van der Waals surface area contributed by atoms with Crippen LogP contribution in [-0.2, 0) is 6.54 Å². The number of halogens is 1. The third-order valence-corrected chi connectivity index (χ3v) is 2.74. The third kappa shape index (κ3) is 5.25. The Morgan fingerprint density at radius 2 is 2.24 bits per heavy atom. The van der Waals surface area contributed by atoms with Crippen LogP contribution in [0.1, 0.15) is 11.4 Å². The molecule has 0 fully saturated rings. The normalized spacial score (nSPS) is 10.1. The van der Waals surface area contributed by atoms with E-state index in [0.717, 1.165) is 18.7 Å². The van der Waals surface area contributed by atoms with Crippen LogP contribution in [0.2, 0.25) is 5.15 Å². The lowest BCUT2D eigenvalue weighted by Crippen LogP contribution is -2.37. The van der Waals surface area contributed by atoms with E-state index in [1.807, 2.05) is 6.92 Å². The molecule has 94 valence electrons. The first kappa shape index (κ1) is 14.1. The van der Waals surface area contributed by atoms with E-state index in [1.165, 1.54) is 0 Å². The predicted octanol–water partition coefficient (Wildman–Crippen LogP) is 0.622. The van der Waals surface area contributed by atoms with E-state index >= 15 is 0 Å². The topological polar surface area (TPSA) is 61.9 Å². The molecule has 0 saturated heterocycles. The molecule has 1 aromatic rings. The molecule has 0 aliphatic carbocycles. The summed E-state index contributed by atoms with van der Waals surface area (Å²) in [5, 5.41) is 10.2. The maximum Gasteiger partial charge on any atom is 0.166 e. The van der Waals surface area contributed by atoms with Crippen LogP contribution in [0, 0.1) is 6.92 Å². The van der Waals surface area contributed by atoms with Crippen LogP contribution in [0.5, 0.6) is 0 Å².